The summed E-state index contributed by atoms with van der Waals surface area (Å²) in [5.41, 5.74) is 0. The van der Waals surface area contributed by atoms with Gasteiger partial charge in [0, 0.05) is 6.04 Å². The molecule has 0 aromatic rings. The third kappa shape index (κ3) is 6.04. The molecule has 21 heavy (non-hydrogen) atoms. The highest BCUT2D eigenvalue weighted by Gasteiger charge is 2.28. The minimum absolute atomic E-state index is 0.0707. The number of rotatable bonds is 7. The summed E-state index contributed by atoms with van der Waals surface area (Å²) in [4.78, 5) is 23.1. The molecule has 0 aliphatic heterocycles. The molecule has 5 nitrogen and oxygen atoms in total. The highest BCUT2D eigenvalue weighted by Crippen LogP contribution is 2.29. The van der Waals surface area contributed by atoms with Crippen LogP contribution in [0.3, 0.4) is 0 Å². The summed E-state index contributed by atoms with van der Waals surface area (Å²) in [5.74, 6) is 0.395. The zero-order valence-corrected chi connectivity index (χ0v) is 13.7. The number of hydrogen-bond donors (Lipinski definition) is 3. The van der Waals surface area contributed by atoms with Crippen LogP contribution in [-0.4, -0.2) is 35.6 Å². The van der Waals surface area contributed by atoms with Gasteiger partial charge in [-0.2, -0.15) is 0 Å². The van der Waals surface area contributed by atoms with Crippen LogP contribution in [0.15, 0.2) is 0 Å². The molecule has 0 saturated heterocycles. The van der Waals surface area contributed by atoms with Gasteiger partial charge in [0.1, 0.15) is 6.04 Å². The Balaban J connectivity index is 2.40. The summed E-state index contributed by atoms with van der Waals surface area (Å²) < 4.78 is 0. The number of carbonyl (C=O) groups excluding carboxylic acids is 1. The Kier molecular flexibility index (Phi) is 7.15. The summed E-state index contributed by atoms with van der Waals surface area (Å²) in [5, 5.41) is 15.0. The van der Waals surface area contributed by atoms with Gasteiger partial charge >= 0.3 is 5.97 Å². The molecule has 1 fully saturated rings. The van der Waals surface area contributed by atoms with E-state index in [2.05, 4.69) is 24.5 Å². The zero-order valence-electron chi connectivity index (χ0n) is 13.7. The SMILES string of the molecule is CC(C)CC(NCC(=O)NC1CCCC(C)C1C)C(=O)O. The van der Waals surface area contributed by atoms with Crippen molar-refractivity contribution in [2.75, 3.05) is 6.54 Å². The lowest BCUT2D eigenvalue weighted by Gasteiger charge is -2.34. The predicted octanol–water partition coefficient (Wildman–Crippen LogP) is 2.02. The van der Waals surface area contributed by atoms with E-state index in [-0.39, 0.29) is 24.4 Å². The molecular weight excluding hydrogens is 268 g/mol. The Labute approximate surface area is 127 Å². The molecule has 0 radical (unpaired) electrons. The first kappa shape index (κ1) is 18.0. The molecule has 0 aromatic heterocycles. The molecule has 1 amide bonds. The fourth-order valence-electron chi connectivity index (χ4n) is 3.00. The van der Waals surface area contributed by atoms with Crippen molar-refractivity contribution in [3.05, 3.63) is 0 Å². The summed E-state index contributed by atoms with van der Waals surface area (Å²) in [6, 6.07) is -0.435. The summed E-state index contributed by atoms with van der Waals surface area (Å²) in [7, 11) is 0. The van der Waals surface area contributed by atoms with Crippen LogP contribution in [0, 0.1) is 17.8 Å². The maximum atomic E-state index is 12.0. The molecule has 1 saturated carbocycles. The van der Waals surface area contributed by atoms with Gasteiger partial charge in [-0.1, -0.05) is 40.5 Å². The highest BCUT2D eigenvalue weighted by atomic mass is 16.4. The molecule has 1 aliphatic rings. The molecule has 0 spiro atoms. The van der Waals surface area contributed by atoms with E-state index < -0.39 is 12.0 Å². The van der Waals surface area contributed by atoms with E-state index >= 15 is 0 Å². The van der Waals surface area contributed by atoms with Crippen LogP contribution in [-0.2, 0) is 9.59 Å². The zero-order chi connectivity index (χ0) is 16.0. The normalized spacial score (nSPS) is 27.4. The summed E-state index contributed by atoms with van der Waals surface area (Å²) >= 11 is 0. The highest BCUT2D eigenvalue weighted by molar-refractivity contribution is 5.80. The van der Waals surface area contributed by atoms with Gasteiger partial charge in [0.05, 0.1) is 6.54 Å². The minimum Gasteiger partial charge on any atom is -0.480 e. The Morgan fingerprint density at radius 1 is 1.24 bits per heavy atom. The molecule has 0 heterocycles. The van der Waals surface area contributed by atoms with Crippen LogP contribution < -0.4 is 10.6 Å². The number of amides is 1. The molecule has 3 N–H and O–H groups in total. The molecule has 1 aliphatic carbocycles. The average Bonchev–Trinajstić information content (AvgIpc) is 2.39. The van der Waals surface area contributed by atoms with Crippen molar-refractivity contribution in [1.29, 1.82) is 0 Å². The summed E-state index contributed by atoms with van der Waals surface area (Å²) in [6.07, 6.45) is 3.92. The number of nitrogens with one attached hydrogen (secondary N) is 2. The van der Waals surface area contributed by atoms with Gasteiger partial charge in [-0.15, -0.1) is 0 Å². The van der Waals surface area contributed by atoms with Crippen molar-refractivity contribution in [3.8, 4) is 0 Å². The Hall–Kier alpha value is -1.10. The van der Waals surface area contributed by atoms with E-state index in [1.165, 1.54) is 6.42 Å². The van der Waals surface area contributed by atoms with Crippen LogP contribution in [0.25, 0.3) is 0 Å². The van der Waals surface area contributed by atoms with Gasteiger partial charge in [0.2, 0.25) is 5.91 Å². The van der Waals surface area contributed by atoms with Crippen molar-refractivity contribution in [1.82, 2.24) is 10.6 Å². The van der Waals surface area contributed by atoms with Crippen molar-refractivity contribution >= 4 is 11.9 Å². The van der Waals surface area contributed by atoms with Crippen LogP contribution in [0.2, 0.25) is 0 Å². The van der Waals surface area contributed by atoms with Crippen molar-refractivity contribution in [2.45, 2.75) is 65.5 Å². The fraction of sp³-hybridized carbons (Fsp3) is 0.875. The molecule has 0 bridgehead atoms. The molecule has 0 aromatic carbocycles. The third-order valence-electron chi connectivity index (χ3n) is 4.57. The monoisotopic (exact) mass is 298 g/mol. The lowest BCUT2D eigenvalue weighted by atomic mass is 9.78. The van der Waals surface area contributed by atoms with Crippen molar-refractivity contribution in [2.24, 2.45) is 17.8 Å². The fourth-order valence-corrected chi connectivity index (χ4v) is 3.00. The molecule has 122 valence electrons. The quantitative estimate of drug-likeness (QED) is 0.672. The van der Waals surface area contributed by atoms with E-state index in [4.69, 9.17) is 5.11 Å². The largest absolute Gasteiger partial charge is 0.480 e. The van der Waals surface area contributed by atoms with Gasteiger partial charge in [0.15, 0.2) is 0 Å². The van der Waals surface area contributed by atoms with Crippen LogP contribution in [0.4, 0.5) is 0 Å². The van der Waals surface area contributed by atoms with Crippen LogP contribution in [0.1, 0.15) is 53.4 Å². The van der Waals surface area contributed by atoms with E-state index in [0.717, 1.165) is 12.8 Å². The van der Waals surface area contributed by atoms with Gasteiger partial charge < -0.3 is 10.4 Å². The van der Waals surface area contributed by atoms with E-state index in [1.54, 1.807) is 0 Å². The molecule has 4 atom stereocenters. The molecule has 4 unspecified atom stereocenters. The Morgan fingerprint density at radius 3 is 2.48 bits per heavy atom. The number of hydrogen-bond acceptors (Lipinski definition) is 3. The molecular formula is C16H30N2O3. The standard InChI is InChI=1S/C16H30N2O3/c1-10(2)8-14(16(20)21)17-9-15(19)18-13-7-5-6-11(3)12(13)4/h10-14,17H,5-9H2,1-4H3,(H,18,19)(H,20,21). The Bertz CT molecular complexity index is 357. The van der Waals surface area contributed by atoms with E-state index in [0.29, 0.717) is 18.3 Å². The second-order valence-corrected chi connectivity index (χ2v) is 6.84. The van der Waals surface area contributed by atoms with Gasteiger partial charge in [-0.05, 0) is 30.6 Å². The number of carbonyl (C=O) groups is 2. The first-order valence-electron chi connectivity index (χ1n) is 8.06. The van der Waals surface area contributed by atoms with Crippen molar-refractivity contribution in [3.63, 3.8) is 0 Å². The predicted molar refractivity (Wildman–Crippen MR) is 83.0 cm³/mol. The van der Waals surface area contributed by atoms with Crippen LogP contribution >= 0.6 is 0 Å². The molecule has 1 rings (SSSR count). The Morgan fingerprint density at radius 2 is 1.90 bits per heavy atom. The third-order valence-corrected chi connectivity index (χ3v) is 4.57. The van der Waals surface area contributed by atoms with Gasteiger partial charge in [0.25, 0.3) is 0 Å². The van der Waals surface area contributed by atoms with E-state index in [1.807, 2.05) is 13.8 Å². The topological polar surface area (TPSA) is 78.4 Å². The van der Waals surface area contributed by atoms with Gasteiger partial charge in [-0.3, -0.25) is 14.9 Å². The average molecular weight is 298 g/mol. The second-order valence-electron chi connectivity index (χ2n) is 6.84. The van der Waals surface area contributed by atoms with Crippen molar-refractivity contribution < 1.29 is 14.7 Å². The number of carboxylic acids is 1. The number of aliphatic carboxylic acids is 1. The van der Waals surface area contributed by atoms with Gasteiger partial charge in [-0.25, -0.2) is 0 Å². The lowest BCUT2D eigenvalue weighted by molar-refractivity contribution is -0.140. The minimum atomic E-state index is -0.892. The smallest absolute Gasteiger partial charge is 0.320 e. The first-order valence-corrected chi connectivity index (χ1v) is 8.06. The summed E-state index contributed by atoms with van der Waals surface area (Å²) in [6.45, 7) is 8.43. The lowest BCUT2D eigenvalue weighted by Crippen LogP contribution is -2.49. The number of carboxylic acid groups (broad SMARTS) is 1. The maximum absolute atomic E-state index is 12.0. The second kappa shape index (κ2) is 8.37. The first-order chi connectivity index (χ1) is 9.81. The van der Waals surface area contributed by atoms with E-state index in [9.17, 15) is 9.59 Å². The van der Waals surface area contributed by atoms with Crippen LogP contribution in [0.5, 0.6) is 0 Å². The molecule has 5 heteroatoms. The maximum Gasteiger partial charge on any atom is 0.320 e.